The van der Waals surface area contributed by atoms with E-state index in [1.165, 1.54) is 5.56 Å². The average Bonchev–Trinajstić information content (AvgIpc) is 2.45. The van der Waals surface area contributed by atoms with E-state index in [9.17, 15) is 0 Å². The van der Waals surface area contributed by atoms with Crippen molar-refractivity contribution in [1.82, 2.24) is 5.32 Å². The third-order valence-electron chi connectivity index (χ3n) is 3.05. The number of hydrogen-bond acceptors (Lipinski definition) is 2. The maximum absolute atomic E-state index is 6.17. The summed E-state index contributed by atoms with van der Waals surface area (Å²) < 4.78 is 6.74. The SMILES string of the molecule is CC(C)NCc1ccc(OCc2ccc(Br)cc2Cl)cc1. The van der Waals surface area contributed by atoms with Gasteiger partial charge in [-0.05, 0) is 29.8 Å². The van der Waals surface area contributed by atoms with E-state index in [4.69, 9.17) is 16.3 Å². The Morgan fingerprint density at radius 2 is 1.86 bits per heavy atom. The molecule has 0 radical (unpaired) electrons. The van der Waals surface area contributed by atoms with Gasteiger partial charge >= 0.3 is 0 Å². The molecule has 4 heteroatoms. The Hall–Kier alpha value is -1.03. The monoisotopic (exact) mass is 367 g/mol. The third kappa shape index (κ3) is 5.34. The minimum Gasteiger partial charge on any atom is -0.489 e. The lowest BCUT2D eigenvalue weighted by Crippen LogP contribution is -2.21. The van der Waals surface area contributed by atoms with Crippen molar-refractivity contribution in [1.29, 1.82) is 0 Å². The van der Waals surface area contributed by atoms with Crippen molar-refractivity contribution in [2.75, 3.05) is 0 Å². The van der Waals surface area contributed by atoms with Crippen molar-refractivity contribution in [3.63, 3.8) is 0 Å². The van der Waals surface area contributed by atoms with Crippen molar-refractivity contribution in [3.8, 4) is 5.75 Å². The number of rotatable bonds is 6. The molecule has 0 aliphatic carbocycles. The molecule has 0 saturated carbocycles. The highest BCUT2D eigenvalue weighted by Gasteiger charge is 2.03. The van der Waals surface area contributed by atoms with Gasteiger partial charge in [0.25, 0.3) is 0 Å². The molecule has 21 heavy (non-hydrogen) atoms. The Morgan fingerprint density at radius 3 is 2.48 bits per heavy atom. The van der Waals surface area contributed by atoms with Crippen LogP contribution in [0.5, 0.6) is 5.75 Å². The lowest BCUT2D eigenvalue weighted by molar-refractivity contribution is 0.306. The van der Waals surface area contributed by atoms with Crippen LogP contribution < -0.4 is 10.1 Å². The molecule has 0 saturated heterocycles. The standard InChI is InChI=1S/C17H19BrClNO/c1-12(2)20-10-13-3-7-16(8-4-13)21-11-14-5-6-15(18)9-17(14)19/h3-9,12,20H,10-11H2,1-2H3. The topological polar surface area (TPSA) is 21.3 Å². The summed E-state index contributed by atoms with van der Waals surface area (Å²) >= 11 is 9.57. The minimum atomic E-state index is 0.468. The fraction of sp³-hybridized carbons (Fsp3) is 0.294. The van der Waals surface area contributed by atoms with Crippen LogP contribution in [-0.2, 0) is 13.2 Å². The van der Waals surface area contributed by atoms with Gasteiger partial charge in [0.05, 0.1) is 0 Å². The molecule has 0 heterocycles. The zero-order chi connectivity index (χ0) is 15.2. The smallest absolute Gasteiger partial charge is 0.119 e. The van der Waals surface area contributed by atoms with E-state index in [-0.39, 0.29) is 0 Å². The maximum Gasteiger partial charge on any atom is 0.119 e. The molecule has 2 nitrogen and oxygen atoms in total. The number of nitrogens with one attached hydrogen (secondary N) is 1. The fourth-order valence-electron chi connectivity index (χ4n) is 1.83. The van der Waals surface area contributed by atoms with Gasteiger partial charge in [0, 0.05) is 27.6 Å². The van der Waals surface area contributed by atoms with Gasteiger partial charge in [0.2, 0.25) is 0 Å². The van der Waals surface area contributed by atoms with Crippen LogP contribution in [0.15, 0.2) is 46.9 Å². The van der Waals surface area contributed by atoms with Crippen molar-refractivity contribution in [3.05, 3.63) is 63.1 Å². The van der Waals surface area contributed by atoms with Gasteiger partial charge in [-0.25, -0.2) is 0 Å². The van der Waals surface area contributed by atoms with Gasteiger partial charge in [0.1, 0.15) is 12.4 Å². The number of halogens is 2. The molecule has 0 fully saturated rings. The second kappa shape index (κ2) is 7.83. The van der Waals surface area contributed by atoms with Gasteiger partial charge in [-0.1, -0.05) is 59.6 Å². The Bertz CT molecular complexity index is 584. The summed E-state index contributed by atoms with van der Waals surface area (Å²) in [6.45, 7) is 5.62. The van der Waals surface area contributed by atoms with E-state index in [1.54, 1.807) is 0 Å². The predicted molar refractivity (Wildman–Crippen MR) is 91.9 cm³/mol. The lowest BCUT2D eigenvalue weighted by atomic mass is 10.2. The van der Waals surface area contributed by atoms with Gasteiger partial charge in [-0.3, -0.25) is 0 Å². The number of ether oxygens (including phenoxy) is 1. The van der Waals surface area contributed by atoms with Crippen molar-refractivity contribution in [2.24, 2.45) is 0 Å². The first-order valence-electron chi connectivity index (χ1n) is 6.93. The van der Waals surface area contributed by atoms with Gasteiger partial charge in [-0.2, -0.15) is 0 Å². The van der Waals surface area contributed by atoms with Crippen LogP contribution in [0, 0.1) is 0 Å². The summed E-state index contributed by atoms with van der Waals surface area (Å²) in [4.78, 5) is 0. The molecule has 0 atom stereocenters. The molecule has 2 aromatic rings. The molecule has 1 N–H and O–H groups in total. The lowest BCUT2D eigenvalue weighted by Gasteiger charge is -2.10. The highest BCUT2D eigenvalue weighted by atomic mass is 79.9. The van der Waals surface area contributed by atoms with Gasteiger partial charge in [-0.15, -0.1) is 0 Å². The van der Waals surface area contributed by atoms with Crippen LogP contribution in [0.4, 0.5) is 0 Å². The molecule has 0 aliphatic heterocycles. The largest absolute Gasteiger partial charge is 0.489 e. The van der Waals surface area contributed by atoms with E-state index in [2.05, 4.69) is 47.2 Å². The summed E-state index contributed by atoms with van der Waals surface area (Å²) in [6, 6.07) is 14.4. The number of hydrogen-bond donors (Lipinski definition) is 1. The van der Waals surface area contributed by atoms with Crippen LogP contribution in [0.3, 0.4) is 0 Å². The average molecular weight is 369 g/mol. The summed E-state index contributed by atoms with van der Waals surface area (Å²) in [7, 11) is 0. The molecule has 0 aliphatic rings. The maximum atomic E-state index is 6.17. The van der Waals surface area contributed by atoms with Gasteiger partial charge < -0.3 is 10.1 Å². The summed E-state index contributed by atoms with van der Waals surface area (Å²) in [5.74, 6) is 0.849. The van der Waals surface area contributed by atoms with Gasteiger partial charge in [0.15, 0.2) is 0 Å². The molecule has 2 rings (SSSR count). The molecular formula is C17H19BrClNO. The van der Waals surface area contributed by atoms with Crippen LogP contribution in [0.25, 0.3) is 0 Å². The molecule has 0 amide bonds. The zero-order valence-corrected chi connectivity index (χ0v) is 14.5. The third-order valence-corrected chi connectivity index (χ3v) is 3.89. The normalized spacial score (nSPS) is 10.9. The summed E-state index contributed by atoms with van der Waals surface area (Å²) in [6.07, 6.45) is 0. The Morgan fingerprint density at radius 1 is 1.14 bits per heavy atom. The highest BCUT2D eigenvalue weighted by Crippen LogP contribution is 2.23. The van der Waals surface area contributed by atoms with Crippen LogP contribution in [0.2, 0.25) is 5.02 Å². The molecule has 2 aromatic carbocycles. The van der Waals surface area contributed by atoms with Crippen molar-refractivity contribution >= 4 is 27.5 Å². The fourth-order valence-corrected chi connectivity index (χ4v) is 2.55. The van der Waals surface area contributed by atoms with Crippen LogP contribution >= 0.6 is 27.5 Å². The molecular weight excluding hydrogens is 350 g/mol. The van der Waals surface area contributed by atoms with Crippen molar-refractivity contribution < 1.29 is 4.74 Å². The van der Waals surface area contributed by atoms with E-state index < -0.39 is 0 Å². The van der Waals surface area contributed by atoms with Crippen LogP contribution in [-0.4, -0.2) is 6.04 Å². The molecule has 0 unspecified atom stereocenters. The predicted octanol–water partition coefficient (Wildman–Crippen LogP) is 5.18. The summed E-state index contributed by atoms with van der Waals surface area (Å²) in [5.41, 5.74) is 2.23. The first-order valence-corrected chi connectivity index (χ1v) is 8.11. The molecule has 112 valence electrons. The minimum absolute atomic E-state index is 0.468. The van der Waals surface area contributed by atoms with E-state index >= 15 is 0 Å². The van der Waals surface area contributed by atoms with Crippen molar-refractivity contribution in [2.45, 2.75) is 33.0 Å². The molecule has 0 bridgehead atoms. The summed E-state index contributed by atoms with van der Waals surface area (Å²) in [5, 5.41) is 4.10. The number of benzene rings is 2. The van der Waals surface area contributed by atoms with E-state index in [0.717, 1.165) is 22.3 Å². The van der Waals surface area contributed by atoms with Crippen LogP contribution in [0.1, 0.15) is 25.0 Å². The van der Waals surface area contributed by atoms with E-state index in [0.29, 0.717) is 17.7 Å². The molecule has 0 aromatic heterocycles. The Labute approximate surface area is 139 Å². The second-order valence-electron chi connectivity index (χ2n) is 5.20. The Kier molecular flexibility index (Phi) is 6.09. The molecule has 0 spiro atoms. The first kappa shape index (κ1) is 16.3. The second-order valence-corrected chi connectivity index (χ2v) is 6.53. The highest BCUT2D eigenvalue weighted by molar-refractivity contribution is 9.10. The quantitative estimate of drug-likeness (QED) is 0.758. The van der Waals surface area contributed by atoms with E-state index in [1.807, 2.05) is 30.3 Å². The zero-order valence-electron chi connectivity index (χ0n) is 12.2. The Balaban J connectivity index is 1.91. The first-order chi connectivity index (χ1) is 10.0.